The van der Waals surface area contributed by atoms with Crippen LogP contribution in [0.25, 0.3) is 0 Å². The van der Waals surface area contributed by atoms with Crippen LogP contribution in [0.5, 0.6) is 17.2 Å². The van der Waals surface area contributed by atoms with Crippen molar-refractivity contribution in [2.24, 2.45) is 0 Å². The Bertz CT molecular complexity index is 938. The molecule has 7 heteroatoms. The zero-order valence-electron chi connectivity index (χ0n) is 17.5. The van der Waals surface area contributed by atoms with Gasteiger partial charge in [-0.25, -0.2) is 13.1 Å². The SMILES string of the molecule is COc1ccc(OC)c([C@H](C)NS(=O)(=O)c2cc(C(C)C)c(OC)cc2C)c1. The molecule has 2 aromatic rings. The fourth-order valence-electron chi connectivity index (χ4n) is 3.13. The molecule has 0 aliphatic rings. The summed E-state index contributed by atoms with van der Waals surface area (Å²) in [4.78, 5) is 0.241. The van der Waals surface area contributed by atoms with E-state index in [1.165, 1.54) is 0 Å². The molecule has 0 aliphatic heterocycles. The van der Waals surface area contributed by atoms with Gasteiger partial charge < -0.3 is 14.2 Å². The third-order valence-electron chi connectivity index (χ3n) is 4.67. The number of rotatable bonds is 8. The molecule has 0 unspecified atom stereocenters. The van der Waals surface area contributed by atoms with Crippen LogP contribution >= 0.6 is 0 Å². The van der Waals surface area contributed by atoms with E-state index in [-0.39, 0.29) is 10.8 Å². The molecule has 0 aliphatic carbocycles. The molecule has 0 fully saturated rings. The summed E-state index contributed by atoms with van der Waals surface area (Å²) < 4.78 is 45.1. The van der Waals surface area contributed by atoms with Gasteiger partial charge in [0, 0.05) is 11.6 Å². The van der Waals surface area contributed by atoms with Crippen LogP contribution in [0.3, 0.4) is 0 Å². The Labute approximate surface area is 167 Å². The number of hydrogen-bond acceptors (Lipinski definition) is 5. The van der Waals surface area contributed by atoms with Crippen molar-refractivity contribution in [1.29, 1.82) is 0 Å². The second-order valence-electron chi connectivity index (χ2n) is 6.97. The number of sulfonamides is 1. The van der Waals surface area contributed by atoms with Crippen molar-refractivity contribution in [3.8, 4) is 17.2 Å². The van der Waals surface area contributed by atoms with E-state index in [0.29, 0.717) is 28.4 Å². The molecule has 1 atom stereocenters. The monoisotopic (exact) mass is 407 g/mol. The van der Waals surface area contributed by atoms with Gasteiger partial charge in [0.05, 0.1) is 26.2 Å². The number of methoxy groups -OCH3 is 3. The minimum atomic E-state index is -3.77. The highest BCUT2D eigenvalue weighted by Crippen LogP contribution is 2.33. The smallest absolute Gasteiger partial charge is 0.241 e. The van der Waals surface area contributed by atoms with E-state index in [1.807, 2.05) is 13.8 Å². The van der Waals surface area contributed by atoms with Crippen LogP contribution in [-0.4, -0.2) is 29.7 Å². The van der Waals surface area contributed by atoms with E-state index in [9.17, 15) is 8.42 Å². The highest BCUT2D eigenvalue weighted by molar-refractivity contribution is 7.89. The fourth-order valence-corrected chi connectivity index (χ4v) is 4.62. The first-order valence-corrected chi connectivity index (χ1v) is 10.6. The first-order valence-electron chi connectivity index (χ1n) is 9.07. The molecule has 6 nitrogen and oxygen atoms in total. The Morgan fingerprint density at radius 2 is 1.50 bits per heavy atom. The van der Waals surface area contributed by atoms with Crippen LogP contribution in [0.15, 0.2) is 35.2 Å². The molecule has 2 aromatic carbocycles. The van der Waals surface area contributed by atoms with E-state index in [2.05, 4.69) is 4.72 Å². The Balaban J connectivity index is 2.45. The quantitative estimate of drug-likeness (QED) is 0.710. The molecule has 2 rings (SSSR count). The Morgan fingerprint density at radius 3 is 2.04 bits per heavy atom. The van der Waals surface area contributed by atoms with Gasteiger partial charge in [0.1, 0.15) is 17.2 Å². The summed E-state index contributed by atoms with van der Waals surface area (Å²) in [5, 5.41) is 0. The summed E-state index contributed by atoms with van der Waals surface area (Å²) in [5.74, 6) is 2.03. The molecule has 28 heavy (non-hydrogen) atoms. The van der Waals surface area contributed by atoms with Crippen molar-refractivity contribution < 1.29 is 22.6 Å². The maximum absolute atomic E-state index is 13.1. The lowest BCUT2D eigenvalue weighted by atomic mass is 10.0. The molecule has 0 saturated carbocycles. The molecular weight excluding hydrogens is 378 g/mol. The number of hydrogen-bond donors (Lipinski definition) is 1. The zero-order chi connectivity index (χ0) is 21.1. The first kappa shape index (κ1) is 22.0. The third-order valence-corrected chi connectivity index (χ3v) is 6.36. The van der Waals surface area contributed by atoms with Gasteiger partial charge in [-0.1, -0.05) is 13.8 Å². The first-order chi connectivity index (χ1) is 13.1. The van der Waals surface area contributed by atoms with Crippen molar-refractivity contribution in [3.63, 3.8) is 0 Å². The van der Waals surface area contributed by atoms with Gasteiger partial charge in [-0.05, 0) is 61.2 Å². The van der Waals surface area contributed by atoms with Gasteiger partial charge in [0.25, 0.3) is 0 Å². The van der Waals surface area contributed by atoms with E-state index in [0.717, 1.165) is 5.56 Å². The lowest BCUT2D eigenvalue weighted by Crippen LogP contribution is -2.28. The van der Waals surface area contributed by atoms with Crippen molar-refractivity contribution in [1.82, 2.24) is 4.72 Å². The van der Waals surface area contributed by atoms with E-state index >= 15 is 0 Å². The topological polar surface area (TPSA) is 73.9 Å². The van der Waals surface area contributed by atoms with Gasteiger partial charge in [-0.2, -0.15) is 0 Å². The van der Waals surface area contributed by atoms with Crippen LogP contribution in [-0.2, 0) is 10.0 Å². The Morgan fingerprint density at radius 1 is 0.857 bits per heavy atom. The maximum atomic E-state index is 13.1. The highest BCUT2D eigenvalue weighted by atomic mass is 32.2. The predicted octanol–water partition coefficient (Wildman–Crippen LogP) is 4.18. The molecule has 154 valence electrons. The average Bonchev–Trinajstić information content (AvgIpc) is 2.66. The van der Waals surface area contributed by atoms with Crippen molar-refractivity contribution in [3.05, 3.63) is 47.0 Å². The van der Waals surface area contributed by atoms with Gasteiger partial charge in [0.2, 0.25) is 10.0 Å². The van der Waals surface area contributed by atoms with Crippen LogP contribution in [0.1, 0.15) is 49.4 Å². The van der Waals surface area contributed by atoms with E-state index in [4.69, 9.17) is 14.2 Å². The minimum absolute atomic E-state index is 0.125. The molecule has 1 N–H and O–H groups in total. The van der Waals surface area contributed by atoms with Crippen LogP contribution in [0, 0.1) is 6.92 Å². The lowest BCUT2D eigenvalue weighted by molar-refractivity contribution is 0.395. The third kappa shape index (κ3) is 4.59. The van der Waals surface area contributed by atoms with Crippen LogP contribution in [0.4, 0.5) is 0 Å². The van der Waals surface area contributed by atoms with Crippen molar-refractivity contribution in [2.45, 2.75) is 44.6 Å². The Hall–Kier alpha value is -2.25. The molecule has 0 heterocycles. The summed E-state index contributed by atoms with van der Waals surface area (Å²) >= 11 is 0. The van der Waals surface area contributed by atoms with Crippen LogP contribution in [0.2, 0.25) is 0 Å². The fraction of sp³-hybridized carbons (Fsp3) is 0.429. The molecule has 0 radical (unpaired) electrons. The molecular formula is C21H29NO5S. The highest BCUT2D eigenvalue weighted by Gasteiger charge is 2.24. The molecule has 0 amide bonds. The minimum Gasteiger partial charge on any atom is -0.497 e. The summed E-state index contributed by atoms with van der Waals surface area (Å²) in [6.07, 6.45) is 0. The molecule has 0 saturated heterocycles. The molecule has 0 bridgehead atoms. The number of nitrogens with one attached hydrogen (secondary N) is 1. The van der Waals surface area contributed by atoms with E-state index < -0.39 is 16.1 Å². The molecule has 0 spiro atoms. The maximum Gasteiger partial charge on any atom is 0.241 e. The van der Waals surface area contributed by atoms with Crippen molar-refractivity contribution >= 4 is 10.0 Å². The summed E-state index contributed by atoms with van der Waals surface area (Å²) in [6.45, 7) is 7.54. The number of benzene rings is 2. The van der Waals surface area contributed by atoms with Gasteiger partial charge >= 0.3 is 0 Å². The lowest BCUT2D eigenvalue weighted by Gasteiger charge is -2.20. The summed E-state index contributed by atoms with van der Waals surface area (Å²) in [7, 11) is 0.936. The predicted molar refractivity (Wildman–Crippen MR) is 110 cm³/mol. The zero-order valence-corrected chi connectivity index (χ0v) is 18.3. The van der Waals surface area contributed by atoms with Gasteiger partial charge in [-0.3, -0.25) is 0 Å². The average molecular weight is 408 g/mol. The standard InChI is InChI=1S/C21H29NO5S/c1-13(2)17-12-21(14(3)10-20(17)27-7)28(23,24)22-15(4)18-11-16(25-5)8-9-19(18)26-6/h8-13,15,22H,1-7H3/t15-/m0/s1. The summed E-state index contributed by atoms with van der Waals surface area (Å²) in [5.41, 5.74) is 2.17. The van der Waals surface area contributed by atoms with Crippen LogP contribution < -0.4 is 18.9 Å². The second kappa shape index (κ2) is 8.84. The molecule has 0 aromatic heterocycles. The largest absolute Gasteiger partial charge is 0.497 e. The Kier molecular flexibility index (Phi) is 6.96. The summed E-state index contributed by atoms with van der Waals surface area (Å²) in [6, 6.07) is 8.24. The second-order valence-corrected chi connectivity index (χ2v) is 8.65. The van der Waals surface area contributed by atoms with Gasteiger partial charge in [-0.15, -0.1) is 0 Å². The number of ether oxygens (including phenoxy) is 3. The van der Waals surface area contributed by atoms with Crippen molar-refractivity contribution in [2.75, 3.05) is 21.3 Å². The normalized spacial score (nSPS) is 12.7. The van der Waals surface area contributed by atoms with E-state index in [1.54, 1.807) is 65.5 Å². The number of aryl methyl sites for hydroxylation is 1. The van der Waals surface area contributed by atoms with Gasteiger partial charge in [0.15, 0.2) is 0 Å².